The Morgan fingerprint density at radius 2 is 2.00 bits per heavy atom. The van der Waals surface area contributed by atoms with E-state index in [2.05, 4.69) is 33.1 Å². The van der Waals surface area contributed by atoms with Crippen molar-refractivity contribution in [2.24, 2.45) is 0 Å². The van der Waals surface area contributed by atoms with Crippen LogP contribution in [0, 0.1) is 6.92 Å². The summed E-state index contributed by atoms with van der Waals surface area (Å²) in [5.74, 6) is 0.800. The number of hydrogen-bond acceptors (Lipinski definition) is 4. The number of piperidine rings is 1. The number of fused-ring (bicyclic) bond motifs is 1. The molecule has 1 amide bonds. The number of halogens is 1. The Hall–Kier alpha value is -1.93. The van der Waals surface area contributed by atoms with Crippen molar-refractivity contribution in [1.29, 1.82) is 0 Å². The Kier molecular flexibility index (Phi) is 8.41. The van der Waals surface area contributed by atoms with Crippen molar-refractivity contribution >= 4 is 28.5 Å². The largest absolute Gasteiger partial charge is 0.493 e. The highest BCUT2D eigenvalue weighted by Gasteiger charge is 2.24. The highest BCUT2D eigenvalue weighted by molar-refractivity contribution is 7.83. The summed E-state index contributed by atoms with van der Waals surface area (Å²) in [5, 5.41) is 3.67. The monoisotopic (exact) mass is 489 g/mol. The third-order valence-corrected chi connectivity index (χ3v) is 7.47. The molecule has 0 aliphatic carbocycles. The van der Waals surface area contributed by atoms with Gasteiger partial charge in [-0.15, -0.1) is 0 Å². The van der Waals surface area contributed by atoms with Crippen molar-refractivity contribution in [1.82, 2.24) is 14.9 Å². The number of ether oxygens (including phenoxy) is 1. The molecule has 33 heavy (non-hydrogen) atoms. The lowest BCUT2D eigenvalue weighted by Gasteiger charge is -2.29. The van der Waals surface area contributed by atoms with Gasteiger partial charge in [-0.1, -0.05) is 30.2 Å². The van der Waals surface area contributed by atoms with E-state index >= 15 is 0 Å². The average Bonchev–Trinajstić information content (AvgIpc) is 2.79. The standard InChI is InChI=1S/C25H32ClN3O3S/c1-18-13-20(26)16-21(14-18)33(31)27-9-7-25(30)28-23-8-12-32-24-15-19(5-6-22(23)24)17-29-10-3-2-4-11-29/h5-6,13-16,23,27H,2-4,7-12,17H2,1H3,(H,28,30). The fraction of sp³-hybridized carbons (Fsp3) is 0.480. The van der Waals surface area contributed by atoms with Gasteiger partial charge in [0.25, 0.3) is 0 Å². The number of rotatable bonds is 8. The zero-order chi connectivity index (χ0) is 23.2. The van der Waals surface area contributed by atoms with Gasteiger partial charge < -0.3 is 10.1 Å². The number of nitrogens with one attached hydrogen (secondary N) is 2. The van der Waals surface area contributed by atoms with E-state index in [1.54, 1.807) is 6.07 Å². The van der Waals surface area contributed by atoms with Crippen LogP contribution in [0.5, 0.6) is 5.75 Å². The SMILES string of the molecule is Cc1cc(Cl)cc(S(=O)NCCC(=O)NC2CCOc3cc(CN4CCCCC4)ccc32)c1. The molecule has 1 saturated heterocycles. The molecule has 2 aromatic rings. The lowest BCUT2D eigenvalue weighted by molar-refractivity contribution is -0.121. The first-order chi connectivity index (χ1) is 16.0. The molecular formula is C25H32ClN3O3S. The summed E-state index contributed by atoms with van der Waals surface area (Å²) >= 11 is 6.05. The maximum absolute atomic E-state index is 12.6. The number of benzene rings is 2. The fourth-order valence-electron chi connectivity index (χ4n) is 4.47. The zero-order valence-corrected chi connectivity index (χ0v) is 20.6. The third-order valence-electron chi connectivity index (χ3n) is 6.12. The molecule has 2 aromatic carbocycles. The van der Waals surface area contributed by atoms with Crippen molar-refractivity contribution in [3.63, 3.8) is 0 Å². The van der Waals surface area contributed by atoms with Crippen LogP contribution in [0.2, 0.25) is 5.02 Å². The number of likely N-dealkylation sites (tertiary alicyclic amines) is 1. The lowest BCUT2D eigenvalue weighted by atomic mass is 9.98. The van der Waals surface area contributed by atoms with Crippen LogP contribution in [0.3, 0.4) is 0 Å². The first kappa shape index (κ1) is 24.2. The van der Waals surface area contributed by atoms with Crippen molar-refractivity contribution in [3.05, 3.63) is 58.1 Å². The summed E-state index contributed by atoms with van der Waals surface area (Å²) in [4.78, 5) is 15.7. The summed E-state index contributed by atoms with van der Waals surface area (Å²) in [7, 11) is -1.41. The Morgan fingerprint density at radius 3 is 2.79 bits per heavy atom. The molecule has 0 bridgehead atoms. The fourth-order valence-corrected chi connectivity index (χ4v) is 5.81. The van der Waals surface area contributed by atoms with Crippen LogP contribution in [0.1, 0.15) is 54.8 Å². The van der Waals surface area contributed by atoms with Gasteiger partial charge in [0.05, 0.1) is 17.5 Å². The second-order valence-corrected chi connectivity index (χ2v) is 10.6. The summed E-state index contributed by atoms with van der Waals surface area (Å²) in [6.45, 7) is 6.07. The maximum Gasteiger partial charge on any atom is 0.221 e. The molecule has 2 unspecified atom stereocenters. The van der Waals surface area contributed by atoms with E-state index in [1.807, 2.05) is 19.1 Å². The van der Waals surface area contributed by atoms with E-state index in [0.717, 1.165) is 42.9 Å². The minimum absolute atomic E-state index is 0.0636. The molecule has 2 N–H and O–H groups in total. The zero-order valence-electron chi connectivity index (χ0n) is 19.1. The topological polar surface area (TPSA) is 70.7 Å². The number of hydrogen-bond donors (Lipinski definition) is 2. The first-order valence-electron chi connectivity index (χ1n) is 11.7. The quantitative estimate of drug-likeness (QED) is 0.580. The molecule has 1 fully saturated rings. The molecule has 2 atom stereocenters. The summed E-state index contributed by atoms with van der Waals surface area (Å²) < 4.78 is 21.3. The highest BCUT2D eigenvalue weighted by Crippen LogP contribution is 2.33. The van der Waals surface area contributed by atoms with Crippen LogP contribution in [-0.4, -0.2) is 41.3 Å². The normalized spacial score (nSPS) is 19.4. The minimum atomic E-state index is -1.41. The Bertz CT molecular complexity index is 990. The van der Waals surface area contributed by atoms with Crippen LogP contribution in [-0.2, 0) is 22.3 Å². The molecule has 0 aromatic heterocycles. The van der Waals surface area contributed by atoms with Gasteiger partial charge in [-0.3, -0.25) is 9.69 Å². The van der Waals surface area contributed by atoms with E-state index in [9.17, 15) is 9.00 Å². The molecule has 2 heterocycles. The number of amides is 1. The van der Waals surface area contributed by atoms with E-state index in [4.69, 9.17) is 16.3 Å². The lowest BCUT2D eigenvalue weighted by Crippen LogP contribution is -2.34. The van der Waals surface area contributed by atoms with Crippen LogP contribution >= 0.6 is 11.6 Å². The number of aryl methyl sites for hydroxylation is 1. The van der Waals surface area contributed by atoms with E-state index in [0.29, 0.717) is 23.1 Å². The second-order valence-electron chi connectivity index (χ2n) is 8.84. The summed E-state index contributed by atoms with van der Waals surface area (Å²) in [6, 6.07) is 11.6. The molecule has 0 radical (unpaired) electrons. The first-order valence-corrected chi connectivity index (χ1v) is 13.2. The molecule has 4 rings (SSSR count). The van der Waals surface area contributed by atoms with Gasteiger partial charge in [-0.2, -0.15) is 0 Å². The average molecular weight is 490 g/mol. The smallest absolute Gasteiger partial charge is 0.221 e. The van der Waals surface area contributed by atoms with Crippen LogP contribution < -0.4 is 14.8 Å². The second kappa shape index (κ2) is 11.5. The molecule has 0 spiro atoms. The summed E-state index contributed by atoms with van der Waals surface area (Å²) in [6.07, 6.45) is 4.86. The van der Waals surface area contributed by atoms with E-state index in [1.165, 1.54) is 24.8 Å². The number of carbonyl (C=O) groups excluding carboxylic acids is 1. The van der Waals surface area contributed by atoms with Crippen LogP contribution in [0.4, 0.5) is 0 Å². The number of carbonyl (C=O) groups is 1. The molecule has 8 heteroatoms. The Morgan fingerprint density at radius 1 is 1.18 bits per heavy atom. The van der Waals surface area contributed by atoms with Gasteiger partial charge in [0.2, 0.25) is 5.91 Å². The number of nitrogens with zero attached hydrogens (tertiary/aromatic N) is 1. The van der Waals surface area contributed by atoms with Gasteiger partial charge >= 0.3 is 0 Å². The van der Waals surface area contributed by atoms with Gasteiger partial charge in [0.15, 0.2) is 0 Å². The van der Waals surface area contributed by atoms with Gasteiger partial charge in [-0.25, -0.2) is 8.93 Å². The molecular weight excluding hydrogens is 458 g/mol. The Balaban J connectivity index is 1.28. The van der Waals surface area contributed by atoms with Crippen LogP contribution in [0.15, 0.2) is 41.3 Å². The van der Waals surface area contributed by atoms with Gasteiger partial charge in [0, 0.05) is 36.5 Å². The third kappa shape index (κ3) is 6.79. The summed E-state index contributed by atoms with van der Waals surface area (Å²) in [5.41, 5.74) is 3.23. The van der Waals surface area contributed by atoms with Crippen molar-refractivity contribution in [2.75, 3.05) is 26.2 Å². The molecule has 178 valence electrons. The highest BCUT2D eigenvalue weighted by atomic mass is 35.5. The van der Waals surface area contributed by atoms with Crippen LogP contribution in [0.25, 0.3) is 0 Å². The Labute approximate surface area is 203 Å². The minimum Gasteiger partial charge on any atom is -0.493 e. The van der Waals surface area contributed by atoms with Gasteiger partial charge in [0.1, 0.15) is 16.7 Å². The van der Waals surface area contributed by atoms with E-state index in [-0.39, 0.29) is 18.4 Å². The van der Waals surface area contributed by atoms with Gasteiger partial charge in [-0.05, 0) is 68.2 Å². The maximum atomic E-state index is 12.6. The molecule has 2 aliphatic heterocycles. The van der Waals surface area contributed by atoms with Crippen molar-refractivity contribution in [3.8, 4) is 5.75 Å². The van der Waals surface area contributed by atoms with E-state index < -0.39 is 11.0 Å². The van der Waals surface area contributed by atoms with Crippen molar-refractivity contribution < 1.29 is 13.7 Å². The predicted octanol–water partition coefficient (Wildman–Crippen LogP) is 4.28. The molecule has 0 saturated carbocycles. The molecule has 2 aliphatic rings. The molecule has 6 nitrogen and oxygen atoms in total. The predicted molar refractivity (Wildman–Crippen MR) is 132 cm³/mol. The van der Waals surface area contributed by atoms with Crippen molar-refractivity contribution in [2.45, 2.75) is 56.5 Å².